The minimum Gasteiger partial charge on any atom is -0.469 e. The van der Waals surface area contributed by atoms with E-state index in [0.29, 0.717) is 74.5 Å². The Morgan fingerprint density at radius 2 is 1.46 bits per heavy atom. The Labute approximate surface area is 290 Å². The van der Waals surface area contributed by atoms with E-state index in [1.165, 1.54) is 31.6 Å². The fourth-order valence-electron chi connectivity index (χ4n) is 4.50. The van der Waals surface area contributed by atoms with Crippen LogP contribution in [0.3, 0.4) is 0 Å². The molecule has 2 saturated heterocycles. The molecule has 13 nitrogen and oxygen atoms in total. The highest BCUT2D eigenvalue weighted by Gasteiger charge is 2.19. The van der Waals surface area contributed by atoms with Crippen LogP contribution in [0.25, 0.3) is 0 Å². The molecule has 1 N–H and O–H groups in total. The van der Waals surface area contributed by atoms with Gasteiger partial charge in [0, 0.05) is 67.1 Å². The number of halogens is 2. The summed E-state index contributed by atoms with van der Waals surface area (Å²) < 4.78 is 65.5. The van der Waals surface area contributed by atoms with Crippen LogP contribution < -0.4 is 14.5 Å². The van der Waals surface area contributed by atoms with E-state index in [1.807, 2.05) is 9.80 Å². The summed E-state index contributed by atoms with van der Waals surface area (Å²) in [5.74, 6) is 7.02. The predicted octanol–water partition coefficient (Wildman–Crippen LogP) is 3.91. The molecule has 3 aromatic rings. The van der Waals surface area contributed by atoms with Crippen molar-refractivity contribution in [1.29, 1.82) is 0 Å². The number of anilines is 3. The molecule has 0 spiro atoms. The van der Waals surface area contributed by atoms with E-state index in [0.717, 1.165) is 18.9 Å². The van der Waals surface area contributed by atoms with Gasteiger partial charge in [0.1, 0.15) is 21.4 Å². The number of pyridine rings is 2. The molecule has 48 heavy (non-hydrogen) atoms. The molecular formula is C31H35Cl2N5O8S2. The number of morpholine rings is 2. The van der Waals surface area contributed by atoms with Crippen LogP contribution in [0.2, 0.25) is 5.02 Å². The highest BCUT2D eigenvalue weighted by atomic mass is 35.7. The molecule has 17 heteroatoms. The number of hydrogen-bond donors (Lipinski definition) is 1. The molecule has 0 atom stereocenters. The maximum absolute atomic E-state index is 12.9. The fraction of sp³-hybridized carbons (Fsp3) is 0.387. The summed E-state index contributed by atoms with van der Waals surface area (Å²) in [6.45, 7) is 5.51. The Hall–Kier alpha value is -3.65. The number of sulfonamides is 1. The van der Waals surface area contributed by atoms with Crippen molar-refractivity contribution in [2.75, 3.05) is 74.2 Å². The molecule has 2 aliphatic heterocycles. The van der Waals surface area contributed by atoms with E-state index in [-0.39, 0.29) is 22.2 Å². The van der Waals surface area contributed by atoms with Crippen molar-refractivity contribution < 1.29 is 35.8 Å². The molecule has 0 amide bonds. The van der Waals surface area contributed by atoms with Crippen LogP contribution in [0, 0.1) is 11.8 Å². The Kier molecular flexibility index (Phi) is 13.7. The van der Waals surface area contributed by atoms with Gasteiger partial charge in [-0.1, -0.05) is 23.4 Å². The minimum absolute atomic E-state index is 0.0196. The third-order valence-corrected chi connectivity index (χ3v) is 9.99. The number of carbonyl (C=O) groups is 1. The average Bonchev–Trinajstić information content (AvgIpc) is 3.10. The van der Waals surface area contributed by atoms with Gasteiger partial charge in [-0.2, -0.15) is 0 Å². The molecule has 1 aromatic carbocycles. The highest BCUT2D eigenvalue weighted by molar-refractivity contribution is 8.13. The van der Waals surface area contributed by atoms with Crippen molar-refractivity contribution in [1.82, 2.24) is 9.97 Å². The first-order chi connectivity index (χ1) is 23.0. The van der Waals surface area contributed by atoms with Gasteiger partial charge in [-0.25, -0.2) is 26.8 Å². The first-order valence-corrected chi connectivity index (χ1v) is 19.0. The Balaban J connectivity index is 0.000000271. The summed E-state index contributed by atoms with van der Waals surface area (Å²) in [6, 6.07) is 11.1. The molecule has 5 rings (SSSR count). The van der Waals surface area contributed by atoms with Crippen molar-refractivity contribution in [3.63, 3.8) is 0 Å². The second-order valence-corrected chi connectivity index (χ2v) is 15.1. The van der Waals surface area contributed by atoms with Gasteiger partial charge in [-0.3, -0.25) is 9.52 Å². The first-order valence-electron chi connectivity index (χ1n) is 14.9. The van der Waals surface area contributed by atoms with E-state index >= 15 is 0 Å². The summed E-state index contributed by atoms with van der Waals surface area (Å²) in [5, 5.41) is 0.434. The summed E-state index contributed by atoms with van der Waals surface area (Å²) in [5.41, 5.74) is 0.754. The molecule has 2 aliphatic rings. The van der Waals surface area contributed by atoms with Crippen LogP contribution in [-0.4, -0.2) is 92.5 Å². The van der Waals surface area contributed by atoms with Crippen LogP contribution in [0.1, 0.15) is 24.8 Å². The van der Waals surface area contributed by atoms with Gasteiger partial charge in [-0.15, -0.1) is 0 Å². The van der Waals surface area contributed by atoms with Gasteiger partial charge >= 0.3 is 5.97 Å². The van der Waals surface area contributed by atoms with Crippen LogP contribution in [0.4, 0.5) is 17.3 Å². The third-order valence-electron chi connectivity index (χ3n) is 7.06. The smallest absolute Gasteiger partial charge is 0.305 e. The number of esters is 1. The highest BCUT2D eigenvalue weighted by Crippen LogP contribution is 2.24. The van der Waals surface area contributed by atoms with E-state index in [9.17, 15) is 21.6 Å². The zero-order valence-electron chi connectivity index (χ0n) is 26.1. The lowest BCUT2D eigenvalue weighted by Crippen LogP contribution is -2.36. The number of methoxy groups -OCH3 is 1. The maximum Gasteiger partial charge on any atom is 0.305 e. The summed E-state index contributed by atoms with van der Waals surface area (Å²) >= 11 is 6.07. The molecule has 0 radical (unpaired) electrons. The van der Waals surface area contributed by atoms with Gasteiger partial charge in [-0.05, 0) is 48.9 Å². The number of unbranched alkanes of at least 4 members (excludes halogenated alkanes) is 1. The van der Waals surface area contributed by atoms with Crippen LogP contribution >= 0.6 is 22.3 Å². The third kappa shape index (κ3) is 11.2. The van der Waals surface area contributed by atoms with Crippen molar-refractivity contribution in [2.24, 2.45) is 0 Å². The van der Waals surface area contributed by atoms with Crippen molar-refractivity contribution in [3.8, 4) is 11.8 Å². The number of rotatable bonds is 9. The maximum atomic E-state index is 12.9. The van der Waals surface area contributed by atoms with E-state index in [1.54, 1.807) is 30.3 Å². The number of nitrogens with one attached hydrogen (secondary N) is 1. The Morgan fingerprint density at radius 1 is 0.896 bits per heavy atom. The number of aromatic nitrogens is 2. The summed E-state index contributed by atoms with van der Waals surface area (Å²) in [7, 11) is -1.02. The number of hydrogen-bond acceptors (Lipinski definition) is 12. The summed E-state index contributed by atoms with van der Waals surface area (Å²) in [6.07, 6.45) is 3.88. The molecule has 0 saturated carbocycles. The van der Waals surface area contributed by atoms with Crippen molar-refractivity contribution in [3.05, 3.63) is 65.4 Å². The normalized spacial score (nSPS) is 15.0. The molecule has 0 unspecified atom stereocenters. The van der Waals surface area contributed by atoms with Gasteiger partial charge in [0.05, 0.1) is 44.8 Å². The standard InChI is InChI=1S/C22H24ClN3O5S.C9H11ClN2O3S/c1-30-22(27)6-4-2-3-5-17-15-18(23)7-9-20(17)25-32(28,29)19-8-10-21(24-16-19)26-11-13-31-14-12-26;10-16(13,14)8-1-2-9(11-7-8)12-3-5-15-6-4-12/h7-10,15-16,25H,2,4,6,11-14H2,1H3;1-2,7H,3-6H2. The molecular weight excluding hydrogens is 705 g/mol. The van der Waals surface area contributed by atoms with Crippen molar-refractivity contribution >= 4 is 64.6 Å². The minimum atomic E-state index is -3.87. The second-order valence-electron chi connectivity index (χ2n) is 10.4. The molecule has 2 fully saturated rings. The number of ether oxygens (including phenoxy) is 3. The van der Waals surface area contributed by atoms with Gasteiger partial charge in [0.25, 0.3) is 19.1 Å². The lowest BCUT2D eigenvalue weighted by Gasteiger charge is -2.27. The molecule has 0 bridgehead atoms. The van der Waals surface area contributed by atoms with Gasteiger partial charge < -0.3 is 24.0 Å². The molecule has 2 aromatic heterocycles. The molecule has 0 aliphatic carbocycles. The van der Waals surface area contributed by atoms with Gasteiger partial charge in [0.2, 0.25) is 0 Å². The quantitative estimate of drug-likeness (QED) is 0.146. The van der Waals surface area contributed by atoms with E-state index in [4.69, 9.17) is 31.8 Å². The van der Waals surface area contributed by atoms with Crippen molar-refractivity contribution in [2.45, 2.75) is 29.1 Å². The molecule has 258 valence electrons. The Bertz CT molecular complexity index is 1810. The molecule has 4 heterocycles. The second kappa shape index (κ2) is 17.7. The monoisotopic (exact) mass is 739 g/mol. The number of nitrogens with zero attached hydrogens (tertiary/aromatic N) is 4. The van der Waals surface area contributed by atoms with Crippen LogP contribution in [-0.2, 0) is 38.1 Å². The SMILES string of the molecule is COC(=O)CCCC#Cc1cc(Cl)ccc1NS(=O)(=O)c1ccc(N2CCOCC2)nc1.O=S(=O)(Cl)c1ccc(N2CCOCC2)nc1. The zero-order chi connectivity index (χ0) is 34.6. The first kappa shape index (κ1) is 37.2. The number of carbonyl (C=O) groups excluding carboxylic acids is 1. The zero-order valence-corrected chi connectivity index (χ0v) is 29.2. The fourth-order valence-corrected chi connectivity index (χ4v) is 6.38. The predicted molar refractivity (Wildman–Crippen MR) is 183 cm³/mol. The van der Waals surface area contributed by atoms with E-state index in [2.05, 4.69) is 31.3 Å². The van der Waals surface area contributed by atoms with E-state index < -0.39 is 19.1 Å². The lowest BCUT2D eigenvalue weighted by molar-refractivity contribution is -0.140. The lowest BCUT2D eigenvalue weighted by atomic mass is 10.1. The summed E-state index contributed by atoms with van der Waals surface area (Å²) in [4.78, 5) is 23.7. The van der Waals surface area contributed by atoms with Crippen LogP contribution in [0.15, 0.2) is 64.6 Å². The average molecular weight is 741 g/mol. The van der Waals surface area contributed by atoms with Crippen LogP contribution in [0.5, 0.6) is 0 Å². The topological polar surface area (TPSA) is 157 Å². The van der Waals surface area contributed by atoms with Gasteiger partial charge in [0.15, 0.2) is 0 Å². The Morgan fingerprint density at radius 3 is 1.96 bits per heavy atom. The number of benzene rings is 1. The largest absolute Gasteiger partial charge is 0.469 e.